The maximum atomic E-state index is 12.8. The molecule has 2 aliphatic rings. The number of piperidine rings is 1. The number of nitrogens with one attached hydrogen (secondary N) is 1. The minimum absolute atomic E-state index is 0.150. The SMILES string of the molecule is O=C(O)N1CCN(C(=O)c2cc3cc(OC4CCN(CC(F)(F)F)CC4)ccc3[nH]2)CC1. The molecule has 2 fully saturated rings. The molecule has 2 amide bonds. The van der Waals surface area contributed by atoms with Gasteiger partial charge in [-0.05, 0) is 37.1 Å². The Bertz CT molecular complexity index is 977. The summed E-state index contributed by atoms with van der Waals surface area (Å²) in [6.45, 7) is 1.01. The molecule has 2 aliphatic heterocycles. The summed E-state index contributed by atoms with van der Waals surface area (Å²) < 4.78 is 43.6. The molecule has 2 aromatic rings. The van der Waals surface area contributed by atoms with Crippen LogP contribution >= 0.6 is 0 Å². The molecular weight excluding hydrogens is 429 g/mol. The van der Waals surface area contributed by atoms with Crippen LogP contribution in [-0.2, 0) is 0 Å². The normalized spacial score (nSPS) is 18.8. The second kappa shape index (κ2) is 8.89. The summed E-state index contributed by atoms with van der Waals surface area (Å²) in [6, 6.07) is 7.14. The van der Waals surface area contributed by atoms with E-state index in [1.54, 1.807) is 17.0 Å². The zero-order valence-corrected chi connectivity index (χ0v) is 17.4. The number of hydrogen-bond acceptors (Lipinski definition) is 4. The Hall–Kier alpha value is -2.95. The predicted octanol–water partition coefficient (Wildman–Crippen LogP) is 3.01. The van der Waals surface area contributed by atoms with Crippen molar-refractivity contribution in [3.8, 4) is 5.75 Å². The maximum absolute atomic E-state index is 12.8. The van der Waals surface area contributed by atoms with Gasteiger partial charge in [-0.2, -0.15) is 13.2 Å². The van der Waals surface area contributed by atoms with Crippen molar-refractivity contribution in [3.63, 3.8) is 0 Å². The smallest absolute Gasteiger partial charge is 0.407 e. The highest BCUT2D eigenvalue weighted by molar-refractivity contribution is 5.98. The lowest BCUT2D eigenvalue weighted by molar-refractivity contribution is -0.149. The average Bonchev–Trinajstić information content (AvgIpc) is 3.17. The van der Waals surface area contributed by atoms with Gasteiger partial charge >= 0.3 is 12.3 Å². The molecule has 174 valence electrons. The topological polar surface area (TPSA) is 89.1 Å². The third-order valence-electron chi connectivity index (χ3n) is 5.90. The van der Waals surface area contributed by atoms with Gasteiger partial charge in [-0.3, -0.25) is 9.69 Å². The molecule has 8 nitrogen and oxygen atoms in total. The van der Waals surface area contributed by atoms with E-state index >= 15 is 0 Å². The number of carboxylic acid groups (broad SMARTS) is 1. The Kier molecular flexibility index (Phi) is 6.18. The fraction of sp³-hybridized carbons (Fsp3) is 0.524. The number of aromatic amines is 1. The van der Waals surface area contributed by atoms with Crippen LogP contribution < -0.4 is 4.74 Å². The van der Waals surface area contributed by atoms with Gasteiger partial charge in [0.1, 0.15) is 17.5 Å². The first-order chi connectivity index (χ1) is 15.2. The first-order valence-electron chi connectivity index (χ1n) is 10.5. The van der Waals surface area contributed by atoms with E-state index in [0.29, 0.717) is 50.5 Å². The molecule has 3 heterocycles. The van der Waals surface area contributed by atoms with Gasteiger partial charge in [-0.1, -0.05) is 0 Å². The summed E-state index contributed by atoms with van der Waals surface area (Å²) in [5.74, 6) is 0.422. The lowest BCUT2D eigenvalue weighted by Crippen LogP contribution is -2.50. The number of H-pyrrole nitrogens is 1. The maximum Gasteiger partial charge on any atom is 0.407 e. The highest BCUT2D eigenvalue weighted by Crippen LogP contribution is 2.26. The van der Waals surface area contributed by atoms with Crippen LogP contribution in [0.1, 0.15) is 23.3 Å². The van der Waals surface area contributed by atoms with Gasteiger partial charge in [0.05, 0.1) is 6.54 Å². The third kappa shape index (κ3) is 5.26. The van der Waals surface area contributed by atoms with E-state index in [1.807, 2.05) is 12.1 Å². The van der Waals surface area contributed by atoms with E-state index in [1.165, 1.54) is 9.80 Å². The van der Waals surface area contributed by atoms with Crippen LogP contribution in [0.15, 0.2) is 24.3 Å². The molecule has 0 unspecified atom stereocenters. The molecule has 1 aromatic carbocycles. The van der Waals surface area contributed by atoms with Crippen molar-refractivity contribution in [2.45, 2.75) is 25.1 Å². The van der Waals surface area contributed by atoms with Crippen LogP contribution in [0.3, 0.4) is 0 Å². The van der Waals surface area contributed by atoms with E-state index in [2.05, 4.69) is 4.98 Å². The lowest BCUT2D eigenvalue weighted by atomic mass is 10.1. The lowest BCUT2D eigenvalue weighted by Gasteiger charge is -2.32. The fourth-order valence-electron chi connectivity index (χ4n) is 4.20. The third-order valence-corrected chi connectivity index (χ3v) is 5.90. The van der Waals surface area contributed by atoms with Crippen LogP contribution in [0.5, 0.6) is 5.75 Å². The molecule has 4 rings (SSSR count). The number of benzene rings is 1. The zero-order valence-electron chi connectivity index (χ0n) is 17.4. The Morgan fingerprint density at radius 2 is 1.69 bits per heavy atom. The molecule has 0 spiro atoms. The summed E-state index contributed by atoms with van der Waals surface area (Å²) in [7, 11) is 0. The highest BCUT2D eigenvalue weighted by Gasteiger charge is 2.33. The zero-order chi connectivity index (χ0) is 22.9. The van der Waals surface area contributed by atoms with E-state index in [4.69, 9.17) is 9.84 Å². The number of nitrogens with zero attached hydrogens (tertiary/aromatic N) is 3. The van der Waals surface area contributed by atoms with E-state index in [0.717, 1.165) is 10.9 Å². The minimum Gasteiger partial charge on any atom is -0.490 e. The van der Waals surface area contributed by atoms with Crippen molar-refractivity contribution in [1.29, 1.82) is 0 Å². The Balaban J connectivity index is 1.35. The van der Waals surface area contributed by atoms with Crippen molar-refractivity contribution in [1.82, 2.24) is 19.7 Å². The van der Waals surface area contributed by atoms with Gasteiger partial charge in [-0.25, -0.2) is 4.79 Å². The molecule has 2 saturated heterocycles. The summed E-state index contributed by atoms with van der Waals surface area (Å²) in [5.41, 5.74) is 1.19. The molecule has 0 saturated carbocycles. The van der Waals surface area contributed by atoms with Gasteiger partial charge in [0.25, 0.3) is 5.91 Å². The van der Waals surface area contributed by atoms with Crippen molar-refractivity contribution >= 4 is 22.9 Å². The summed E-state index contributed by atoms with van der Waals surface area (Å²) in [6.07, 6.45) is -4.28. The molecular formula is C21H25F3N4O4. The second-order valence-electron chi connectivity index (χ2n) is 8.20. The number of ether oxygens (including phenoxy) is 1. The number of carbonyl (C=O) groups excluding carboxylic acids is 1. The first-order valence-corrected chi connectivity index (χ1v) is 10.5. The first kappa shape index (κ1) is 22.3. The van der Waals surface area contributed by atoms with Crippen molar-refractivity contribution in [3.05, 3.63) is 30.0 Å². The second-order valence-corrected chi connectivity index (χ2v) is 8.20. The molecule has 0 bridgehead atoms. The van der Waals surface area contributed by atoms with Crippen LogP contribution in [0, 0.1) is 0 Å². The Labute approximate surface area is 182 Å². The van der Waals surface area contributed by atoms with Crippen LogP contribution in [-0.4, -0.2) is 94.9 Å². The molecule has 0 aliphatic carbocycles. The van der Waals surface area contributed by atoms with Crippen LogP contribution in [0.2, 0.25) is 0 Å². The monoisotopic (exact) mass is 454 g/mol. The van der Waals surface area contributed by atoms with Gasteiger partial charge in [0, 0.05) is 50.2 Å². The number of aromatic nitrogens is 1. The van der Waals surface area contributed by atoms with Gasteiger partial charge < -0.3 is 24.6 Å². The number of halogens is 3. The summed E-state index contributed by atoms with van der Waals surface area (Å²) >= 11 is 0. The number of rotatable bonds is 4. The predicted molar refractivity (Wildman–Crippen MR) is 110 cm³/mol. The quantitative estimate of drug-likeness (QED) is 0.742. The Morgan fingerprint density at radius 1 is 1.03 bits per heavy atom. The number of piperazine rings is 1. The largest absolute Gasteiger partial charge is 0.490 e. The van der Waals surface area contributed by atoms with E-state index in [9.17, 15) is 22.8 Å². The minimum atomic E-state index is -4.19. The van der Waals surface area contributed by atoms with Crippen molar-refractivity contribution < 1.29 is 32.6 Å². The number of hydrogen-bond donors (Lipinski definition) is 2. The summed E-state index contributed by atoms with van der Waals surface area (Å²) in [5, 5.41) is 9.83. The Morgan fingerprint density at radius 3 is 2.31 bits per heavy atom. The fourth-order valence-corrected chi connectivity index (χ4v) is 4.20. The number of amides is 2. The molecule has 32 heavy (non-hydrogen) atoms. The summed E-state index contributed by atoms with van der Waals surface area (Å²) in [4.78, 5) is 31.2. The van der Waals surface area contributed by atoms with Gasteiger partial charge in [-0.15, -0.1) is 0 Å². The van der Waals surface area contributed by atoms with E-state index in [-0.39, 0.29) is 25.1 Å². The number of alkyl halides is 3. The van der Waals surface area contributed by atoms with Gasteiger partial charge in [0.2, 0.25) is 0 Å². The number of fused-ring (bicyclic) bond motifs is 1. The number of carbonyl (C=O) groups is 2. The molecule has 11 heteroatoms. The average molecular weight is 454 g/mol. The van der Waals surface area contributed by atoms with Crippen molar-refractivity contribution in [2.75, 3.05) is 45.8 Å². The highest BCUT2D eigenvalue weighted by atomic mass is 19.4. The molecule has 0 radical (unpaired) electrons. The van der Waals surface area contributed by atoms with Crippen molar-refractivity contribution in [2.24, 2.45) is 0 Å². The van der Waals surface area contributed by atoms with Crippen LogP contribution in [0.4, 0.5) is 18.0 Å². The molecule has 1 aromatic heterocycles. The van der Waals surface area contributed by atoms with Gasteiger partial charge in [0.15, 0.2) is 0 Å². The van der Waals surface area contributed by atoms with E-state index < -0.39 is 18.8 Å². The molecule has 2 N–H and O–H groups in total. The standard InChI is InChI=1S/C21H25F3N4O4/c22-21(23,24)13-26-5-3-15(4-6-26)32-16-1-2-17-14(11-16)12-18(25-17)19(29)27-7-9-28(10-8-27)20(30)31/h1-2,11-12,15,25H,3-10,13H2,(H,30,31). The van der Waals surface area contributed by atoms with Crippen LogP contribution in [0.25, 0.3) is 10.9 Å². The molecule has 0 atom stereocenters. The number of likely N-dealkylation sites (tertiary alicyclic amines) is 1.